The Morgan fingerprint density at radius 1 is 1.25 bits per heavy atom. The second-order valence-corrected chi connectivity index (χ2v) is 4.84. The van der Waals surface area contributed by atoms with Gasteiger partial charge in [0.2, 0.25) is 5.91 Å². The molecule has 0 saturated carbocycles. The van der Waals surface area contributed by atoms with E-state index in [9.17, 15) is 4.79 Å². The van der Waals surface area contributed by atoms with Crippen molar-refractivity contribution in [3.05, 3.63) is 24.3 Å². The Morgan fingerprint density at radius 3 is 2.55 bits per heavy atom. The molecule has 5 nitrogen and oxygen atoms in total. The third-order valence-electron chi connectivity index (χ3n) is 3.03. The van der Waals surface area contributed by atoms with Gasteiger partial charge in [0.25, 0.3) is 0 Å². The lowest BCUT2D eigenvalue weighted by atomic mass is 10.2. The second-order valence-electron chi connectivity index (χ2n) is 4.84. The maximum atomic E-state index is 11.8. The summed E-state index contributed by atoms with van der Waals surface area (Å²) < 4.78 is 0. The van der Waals surface area contributed by atoms with Crippen LogP contribution in [0.15, 0.2) is 24.3 Å². The summed E-state index contributed by atoms with van der Waals surface area (Å²) in [5, 5.41) is 11.8. The van der Waals surface area contributed by atoms with E-state index in [-0.39, 0.29) is 12.5 Å². The summed E-state index contributed by atoms with van der Waals surface area (Å²) in [5.41, 5.74) is 7.04. The van der Waals surface area contributed by atoms with Gasteiger partial charge in [0.1, 0.15) is 0 Å². The molecule has 1 aromatic carbocycles. The fourth-order valence-corrected chi connectivity index (χ4v) is 2.05. The van der Waals surface area contributed by atoms with Gasteiger partial charge in [-0.05, 0) is 50.2 Å². The van der Waals surface area contributed by atoms with E-state index in [1.807, 2.05) is 0 Å². The van der Waals surface area contributed by atoms with E-state index in [1.54, 1.807) is 24.3 Å². The number of amides is 1. The van der Waals surface area contributed by atoms with E-state index < -0.39 is 0 Å². The van der Waals surface area contributed by atoms with Gasteiger partial charge in [-0.1, -0.05) is 6.92 Å². The van der Waals surface area contributed by atoms with Gasteiger partial charge in [-0.25, -0.2) is 0 Å². The molecule has 0 atom stereocenters. The summed E-state index contributed by atoms with van der Waals surface area (Å²) >= 11 is 0. The molecule has 1 aromatic rings. The molecule has 0 unspecified atom stereocenters. The number of nitrogens with two attached hydrogens (primary N) is 1. The number of aliphatic hydroxyl groups excluding tert-OH is 1. The molecule has 0 aromatic heterocycles. The second kappa shape index (κ2) is 9.34. The topological polar surface area (TPSA) is 78.6 Å². The van der Waals surface area contributed by atoms with Crippen molar-refractivity contribution < 1.29 is 9.90 Å². The first-order valence-electron chi connectivity index (χ1n) is 7.14. The summed E-state index contributed by atoms with van der Waals surface area (Å²) in [7, 11) is 0. The van der Waals surface area contributed by atoms with Crippen LogP contribution in [0.4, 0.5) is 11.4 Å². The molecule has 0 radical (unpaired) electrons. The summed E-state index contributed by atoms with van der Waals surface area (Å²) in [4.78, 5) is 14.0. The molecule has 0 saturated heterocycles. The van der Waals surface area contributed by atoms with Crippen molar-refractivity contribution in [1.29, 1.82) is 0 Å². The van der Waals surface area contributed by atoms with E-state index in [0.717, 1.165) is 31.6 Å². The van der Waals surface area contributed by atoms with Crippen molar-refractivity contribution >= 4 is 17.3 Å². The van der Waals surface area contributed by atoms with Crippen molar-refractivity contribution in [2.75, 3.05) is 37.3 Å². The number of anilines is 2. The lowest BCUT2D eigenvalue weighted by molar-refractivity contribution is -0.116. The number of nitrogen functional groups attached to an aromatic ring is 1. The molecule has 112 valence electrons. The van der Waals surface area contributed by atoms with Crippen LogP contribution in [-0.4, -0.2) is 42.2 Å². The predicted molar refractivity (Wildman–Crippen MR) is 82.5 cm³/mol. The zero-order valence-corrected chi connectivity index (χ0v) is 12.1. The van der Waals surface area contributed by atoms with Crippen LogP contribution < -0.4 is 11.1 Å². The number of nitrogens with one attached hydrogen (secondary N) is 1. The lowest BCUT2D eigenvalue weighted by Crippen LogP contribution is -2.29. The van der Waals surface area contributed by atoms with Crippen molar-refractivity contribution in [3.63, 3.8) is 0 Å². The fraction of sp³-hybridized carbons (Fsp3) is 0.533. The Hall–Kier alpha value is -1.59. The minimum absolute atomic E-state index is 0.00946. The smallest absolute Gasteiger partial charge is 0.224 e. The van der Waals surface area contributed by atoms with E-state index >= 15 is 0 Å². The number of benzene rings is 1. The Labute approximate surface area is 120 Å². The van der Waals surface area contributed by atoms with Crippen LogP contribution in [0.3, 0.4) is 0 Å². The Morgan fingerprint density at radius 2 is 1.95 bits per heavy atom. The minimum Gasteiger partial charge on any atom is -0.399 e. The average Bonchev–Trinajstić information content (AvgIpc) is 2.42. The number of aliphatic hydroxyl groups is 1. The van der Waals surface area contributed by atoms with Gasteiger partial charge in [-0.2, -0.15) is 0 Å². The van der Waals surface area contributed by atoms with Crippen LogP contribution in [0, 0.1) is 0 Å². The standard InChI is InChI=1S/C15H25N3O2/c1-2-9-18(11-12-19)10-3-4-15(20)17-14-7-5-13(16)6-8-14/h5-8,19H,2-4,9-12,16H2,1H3,(H,17,20). The maximum absolute atomic E-state index is 11.8. The van der Waals surface area contributed by atoms with Crippen molar-refractivity contribution in [1.82, 2.24) is 4.90 Å². The molecule has 0 spiro atoms. The Kier molecular flexibility index (Phi) is 7.69. The zero-order chi connectivity index (χ0) is 14.8. The largest absolute Gasteiger partial charge is 0.399 e. The number of hydrogen-bond acceptors (Lipinski definition) is 4. The number of hydrogen-bond donors (Lipinski definition) is 3. The van der Waals surface area contributed by atoms with Gasteiger partial charge in [-0.15, -0.1) is 0 Å². The highest BCUT2D eigenvalue weighted by molar-refractivity contribution is 5.90. The molecular formula is C15H25N3O2. The molecule has 0 aliphatic heterocycles. The lowest BCUT2D eigenvalue weighted by Gasteiger charge is -2.20. The van der Waals surface area contributed by atoms with Gasteiger partial charge < -0.3 is 21.1 Å². The summed E-state index contributed by atoms with van der Waals surface area (Å²) in [6, 6.07) is 7.12. The van der Waals surface area contributed by atoms with E-state index in [4.69, 9.17) is 10.8 Å². The number of carbonyl (C=O) groups excluding carboxylic acids is 1. The first-order valence-corrected chi connectivity index (χ1v) is 7.14. The summed E-state index contributed by atoms with van der Waals surface area (Å²) in [6.07, 6.45) is 2.33. The summed E-state index contributed by atoms with van der Waals surface area (Å²) in [6.45, 7) is 4.74. The van der Waals surface area contributed by atoms with Gasteiger partial charge in [-0.3, -0.25) is 4.79 Å². The third-order valence-corrected chi connectivity index (χ3v) is 3.03. The number of carbonyl (C=O) groups is 1. The maximum Gasteiger partial charge on any atom is 0.224 e. The molecule has 0 aliphatic carbocycles. The predicted octanol–water partition coefficient (Wildman–Crippen LogP) is 1.69. The van der Waals surface area contributed by atoms with Crippen molar-refractivity contribution in [2.24, 2.45) is 0 Å². The molecule has 0 heterocycles. The van der Waals surface area contributed by atoms with Crippen LogP contribution in [0.5, 0.6) is 0 Å². The van der Waals surface area contributed by atoms with Crippen LogP contribution in [0.25, 0.3) is 0 Å². The third kappa shape index (κ3) is 6.54. The highest BCUT2D eigenvalue weighted by atomic mass is 16.3. The Balaban J connectivity index is 2.26. The van der Waals surface area contributed by atoms with E-state index in [1.165, 1.54) is 0 Å². The highest BCUT2D eigenvalue weighted by Gasteiger charge is 2.06. The van der Waals surface area contributed by atoms with Crippen molar-refractivity contribution in [2.45, 2.75) is 26.2 Å². The number of nitrogens with zero attached hydrogens (tertiary/aromatic N) is 1. The molecular weight excluding hydrogens is 254 g/mol. The van der Waals surface area contributed by atoms with Crippen LogP contribution in [0.1, 0.15) is 26.2 Å². The zero-order valence-electron chi connectivity index (χ0n) is 12.1. The first-order chi connectivity index (χ1) is 9.65. The molecule has 5 heteroatoms. The van der Waals surface area contributed by atoms with Crippen LogP contribution in [0.2, 0.25) is 0 Å². The molecule has 4 N–H and O–H groups in total. The average molecular weight is 279 g/mol. The van der Waals surface area contributed by atoms with Gasteiger partial charge in [0.15, 0.2) is 0 Å². The van der Waals surface area contributed by atoms with Gasteiger partial charge in [0.05, 0.1) is 6.61 Å². The molecule has 1 amide bonds. The van der Waals surface area contributed by atoms with Crippen LogP contribution >= 0.6 is 0 Å². The van der Waals surface area contributed by atoms with Crippen molar-refractivity contribution in [3.8, 4) is 0 Å². The quantitative estimate of drug-likeness (QED) is 0.601. The normalized spacial score (nSPS) is 10.8. The fourth-order valence-electron chi connectivity index (χ4n) is 2.05. The first kappa shape index (κ1) is 16.5. The SMILES string of the molecule is CCCN(CCO)CCCC(=O)Nc1ccc(N)cc1. The molecule has 0 bridgehead atoms. The molecule has 0 fully saturated rings. The highest BCUT2D eigenvalue weighted by Crippen LogP contribution is 2.11. The van der Waals surface area contributed by atoms with Gasteiger partial charge >= 0.3 is 0 Å². The van der Waals surface area contributed by atoms with E-state index in [0.29, 0.717) is 18.7 Å². The Bertz CT molecular complexity index is 387. The molecule has 1 rings (SSSR count). The van der Waals surface area contributed by atoms with Gasteiger partial charge in [0, 0.05) is 24.3 Å². The summed E-state index contributed by atoms with van der Waals surface area (Å²) in [5.74, 6) is 0.00946. The number of rotatable bonds is 9. The molecule has 20 heavy (non-hydrogen) atoms. The molecule has 0 aliphatic rings. The van der Waals surface area contributed by atoms with E-state index in [2.05, 4.69) is 17.1 Å². The minimum atomic E-state index is 0.00946. The monoisotopic (exact) mass is 279 g/mol. The van der Waals surface area contributed by atoms with Crippen LogP contribution in [-0.2, 0) is 4.79 Å².